The molecule has 0 amide bonds. The summed E-state index contributed by atoms with van der Waals surface area (Å²) in [5.41, 5.74) is 1.82. The summed E-state index contributed by atoms with van der Waals surface area (Å²) in [6, 6.07) is 0. The Morgan fingerprint density at radius 2 is 1.14 bits per heavy atom. The Bertz CT molecular complexity index is 1530. The van der Waals surface area contributed by atoms with E-state index < -0.39 is 73.3 Å². The van der Waals surface area contributed by atoms with Gasteiger partial charge in [-0.2, -0.15) is 0 Å². The largest absolute Gasteiger partial charge is 0.390 e. The lowest BCUT2D eigenvalue weighted by atomic mass is 9.81. The molecule has 4 saturated heterocycles. The number of aliphatic hydroxyl groups is 2. The van der Waals surface area contributed by atoms with Gasteiger partial charge in [0.1, 0.15) is 54.9 Å². The molecule has 0 aliphatic carbocycles. The third-order valence-electron chi connectivity index (χ3n) is 14.5. The first-order chi connectivity index (χ1) is 31.6. The van der Waals surface area contributed by atoms with Gasteiger partial charge < -0.3 is 76.5 Å². The SMILES string of the molecule is CC[C@H](OC)[C@@H](C)[C@H]1C[C@@](O)([C@@H](C)/C=C/C=C(\C)[C@H]2O[C@H](OC)[C@H](OC)[C@@H](OCCC[C@H](OC)[C@@H](C)[C@@H]3O[C@H]3[C@H](O)[C@@H](C)/C=C/C=C(\C)[C@H]3O[C@@H](OC)[C@H](OC)[C@@H](OC)[C@@H]3OC)[C@@H]2OC)O1. The van der Waals surface area contributed by atoms with Crippen molar-refractivity contribution in [2.75, 3.05) is 70.6 Å². The van der Waals surface area contributed by atoms with E-state index in [2.05, 4.69) is 20.8 Å². The maximum atomic E-state index is 11.3. The summed E-state index contributed by atoms with van der Waals surface area (Å²) in [6.07, 6.45) is 8.23. The summed E-state index contributed by atoms with van der Waals surface area (Å²) >= 11 is 0. The first kappa shape index (κ1) is 56.9. The number of hydrogen-bond donors (Lipinski definition) is 2. The van der Waals surface area contributed by atoms with E-state index in [1.807, 2.05) is 64.2 Å². The fourth-order valence-electron chi connectivity index (χ4n) is 9.98. The van der Waals surface area contributed by atoms with E-state index in [1.165, 1.54) is 0 Å². The topological polar surface area (TPSA) is 173 Å². The maximum absolute atomic E-state index is 11.3. The normalized spacial score (nSPS) is 37.6. The van der Waals surface area contributed by atoms with Crippen LogP contribution in [0.5, 0.6) is 0 Å². The van der Waals surface area contributed by atoms with Crippen molar-refractivity contribution in [3.63, 3.8) is 0 Å². The molecule has 4 rings (SSSR count). The first-order valence-electron chi connectivity index (χ1n) is 23.7. The second-order valence-corrected chi connectivity index (χ2v) is 18.5. The number of ether oxygens (including phenoxy) is 14. The Kier molecular flexibility index (Phi) is 23.3. The summed E-state index contributed by atoms with van der Waals surface area (Å²) in [7, 11) is 14.7. The highest BCUT2D eigenvalue weighted by Crippen LogP contribution is 2.43. The van der Waals surface area contributed by atoms with Crippen LogP contribution in [0.4, 0.5) is 0 Å². The lowest BCUT2D eigenvalue weighted by Crippen LogP contribution is -2.60. The molecule has 4 aliphatic heterocycles. The van der Waals surface area contributed by atoms with Gasteiger partial charge in [0.2, 0.25) is 0 Å². The summed E-state index contributed by atoms with van der Waals surface area (Å²) in [6.45, 7) is 14.6. The summed E-state index contributed by atoms with van der Waals surface area (Å²) in [5, 5.41) is 22.5. The van der Waals surface area contributed by atoms with Crippen molar-refractivity contribution in [3.8, 4) is 0 Å². The number of aliphatic hydroxyl groups excluding tert-OH is 1. The summed E-state index contributed by atoms with van der Waals surface area (Å²) < 4.78 is 83.4. The van der Waals surface area contributed by atoms with Gasteiger partial charge in [-0.3, -0.25) is 0 Å². The van der Waals surface area contributed by atoms with Crippen LogP contribution in [0, 0.1) is 23.7 Å². The van der Waals surface area contributed by atoms with Gasteiger partial charge in [0.15, 0.2) is 18.4 Å². The molecule has 382 valence electrons. The molecular formula is C50H86O16. The van der Waals surface area contributed by atoms with E-state index in [4.69, 9.17) is 66.3 Å². The average Bonchev–Trinajstić information content (AvgIpc) is 4.12. The van der Waals surface area contributed by atoms with Crippen molar-refractivity contribution in [1.82, 2.24) is 0 Å². The van der Waals surface area contributed by atoms with Crippen LogP contribution in [0.3, 0.4) is 0 Å². The summed E-state index contributed by atoms with van der Waals surface area (Å²) in [4.78, 5) is 0. The van der Waals surface area contributed by atoms with Gasteiger partial charge in [-0.25, -0.2) is 0 Å². The van der Waals surface area contributed by atoms with Crippen LogP contribution in [0.1, 0.15) is 74.1 Å². The molecule has 0 aromatic heterocycles. The van der Waals surface area contributed by atoms with Crippen molar-refractivity contribution >= 4 is 0 Å². The quantitative estimate of drug-likeness (QED) is 0.0567. The summed E-state index contributed by atoms with van der Waals surface area (Å²) in [5.74, 6) is -1.44. The zero-order valence-corrected chi connectivity index (χ0v) is 42.7. The highest BCUT2D eigenvalue weighted by molar-refractivity contribution is 5.21. The molecular weight excluding hydrogens is 857 g/mol. The van der Waals surface area contributed by atoms with E-state index in [0.29, 0.717) is 25.9 Å². The van der Waals surface area contributed by atoms with Crippen LogP contribution in [0.25, 0.3) is 0 Å². The predicted molar refractivity (Wildman–Crippen MR) is 248 cm³/mol. The minimum absolute atomic E-state index is 0.0266. The van der Waals surface area contributed by atoms with Crippen LogP contribution >= 0.6 is 0 Å². The molecule has 4 heterocycles. The minimum Gasteiger partial charge on any atom is -0.390 e. The van der Waals surface area contributed by atoms with Gasteiger partial charge in [0.05, 0.1) is 30.5 Å². The smallest absolute Gasteiger partial charge is 0.186 e. The van der Waals surface area contributed by atoms with E-state index >= 15 is 0 Å². The molecule has 0 bridgehead atoms. The third kappa shape index (κ3) is 13.6. The Morgan fingerprint density at radius 1 is 0.636 bits per heavy atom. The van der Waals surface area contributed by atoms with E-state index in [1.54, 1.807) is 64.0 Å². The second-order valence-electron chi connectivity index (χ2n) is 18.5. The van der Waals surface area contributed by atoms with E-state index in [9.17, 15) is 10.2 Å². The molecule has 0 radical (unpaired) electrons. The maximum Gasteiger partial charge on any atom is 0.186 e. The highest BCUT2D eigenvalue weighted by atomic mass is 16.7. The Labute approximate surface area is 395 Å². The van der Waals surface area contributed by atoms with Crippen molar-refractivity contribution in [2.24, 2.45) is 23.7 Å². The standard InChI is InChI=1S/C50H86O16/c1-17-34(53-8)32(6)36-27-50(52,66-36)31(5)24-19-23-30(4)39-43(56-11)45(47(59-14)49(61-16)65-39)62-26-20-25-35(54-9)33(7)40-41(63-40)37(51)28(2)21-18-22-29(3)38-42(55-10)44(57-12)46(58-13)48(60-15)64-38/h18-19,21-24,28,31-49,51-52H,17,20,25-27H2,1-16H3/b21-18+,24-19+,29-22+,30-23+/t28-,31-,32+,33+,34-,35-,36+,37+,38+,39+,40-,41-,42+,43+,44-,45-,46+,47+,48+,49-,50-/m0/s1. The molecule has 2 N–H and O–H groups in total. The average molecular weight is 943 g/mol. The van der Waals surface area contributed by atoms with Gasteiger partial charge in [0, 0.05) is 101 Å². The van der Waals surface area contributed by atoms with Crippen molar-refractivity contribution in [3.05, 3.63) is 47.6 Å². The molecule has 66 heavy (non-hydrogen) atoms. The Hall–Kier alpha value is -1.68. The van der Waals surface area contributed by atoms with Crippen molar-refractivity contribution < 1.29 is 76.5 Å². The molecule has 0 aromatic rings. The fourth-order valence-corrected chi connectivity index (χ4v) is 9.98. The zero-order chi connectivity index (χ0) is 48.9. The molecule has 4 fully saturated rings. The molecule has 16 heteroatoms. The van der Waals surface area contributed by atoms with Gasteiger partial charge >= 0.3 is 0 Å². The van der Waals surface area contributed by atoms with Crippen LogP contribution < -0.4 is 0 Å². The van der Waals surface area contributed by atoms with Crippen LogP contribution in [-0.2, 0) is 66.3 Å². The van der Waals surface area contributed by atoms with Crippen LogP contribution in [0.2, 0.25) is 0 Å². The number of hydrogen-bond acceptors (Lipinski definition) is 16. The van der Waals surface area contributed by atoms with E-state index in [-0.39, 0.29) is 54.2 Å². The van der Waals surface area contributed by atoms with Gasteiger partial charge in [-0.15, -0.1) is 0 Å². The Morgan fingerprint density at radius 3 is 1.62 bits per heavy atom. The third-order valence-corrected chi connectivity index (χ3v) is 14.5. The van der Waals surface area contributed by atoms with Crippen LogP contribution in [-0.4, -0.2) is 185 Å². The first-order valence-corrected chi connectivity index (χ1v) is 23.7. The van der Waals surface area contributed by atoms with Crippen molar-refractivity contribution in [2.45, 2.75) is 178 Å². The lowest BCUT2D eigenvalue weighted by molar-refractivity contribution is -0.351. The molecule has 0 aromatic carbocycles. The van der Waals surface area contributed by atoms with Crippen molar-refractivity contribution in [1.29, 1.82) is 0 Å². The lowest BCUT2D eigenvalue weighted by Gasteiger charge is -2.50. The monoisotopic (exact) mass is 943 g/mol. The highest BCUT2D eigenvalue weighted by Gasteiger charge is 2.53. The number of rotatable bonds is 28. The molecule has 16 nitrogen and oxygen atoms in total. The number of methoxy groups -OCH3 is 9. The van der Waals surface area contributed by atoms with Gasteiger partial charge in [-0.1, -0.05) is 71.1 Å². The predicted octanol–water partition coefficient (Wildman–Crippen LogP) is 5.56. The molecule has 21 atom stereocenters. The zero-order valence-electron chi connectivity index (χ0n) is 42.7. The van der Waals surface area contributed by atoms with Gasteiger partial charge in [-0.05, 0) is 44.3 Å². The minimum atomic E-state index is -1.23. The van der Waals surface area contributed by atoms with Gasteiger partial charge in [0.25, 0.3) is 0 Å². The second kappa shape index (κ2) is 27.1. The molecule has 4 aliphatic rings. The fraction of sp³-hybridized carbons (Fsp3) is 0.840. The van der Waals surface area contributed by atoms with Crippen LogP contribution in [0.15, 0.2) is 47.6 Å². The Balaban J connectivity index is 1.30. The number of epoxide rings is 1. The molecule has 0 unspecified atom stereocenters. The number of allylic oxidation sites excluding steroid dienone is 4. The molecule has 0 saturated carbocycles. The molecule has 0 spiro atoms. The van der Waals surface area contributed by atoms with E-state index in [0.717, 1.165) is 17.6 Å².